The molecule has 386 valence electrons. The second-order valence-corrected chi connectivity index (χ2v) is 22.4. The third-order valence-corrected chi connectivity index (χ3v) is 17.4. The Morgan fingerprint density at radius 2 is 1.32 bits per heavy atom. The highest BCUT2D eigenvalue weighted by molar-refractivity contribution is 5.90. The van der Waals surface area contributed by atoms with Crippen LogP contribution >= 0.6 is 0 Å². The molecule has 0 aromatic heterocycles. The SMILES string of the molecule is CC(=O)N[C@H]1[C@H](O[C@@H]2CO[C@@H](O[C@H]3CC[C@]4(C)C5=C(CC[C@H]4C3(C)C)[C@@H]3CC[C@H]([C@H](C)CC(=O)C=C(C)C)[C@@]3(C)CC5)[C@H](O[C@@H]3O[C@H](CO)[C@@H](O)[C@H](O)[C@H]3NC(C)=O)[C@H]2O)O[C@H](CO)[C@H](O)[C@@H]1O. The minimum Gasteiger partial charge on any atom is -0.394 e. The minimum absolute atomic E-state index is 0.0873. The maximum atomic E-state index is 12.9. The van der Waals surface area contributed by atoms with Crippen molar-refractivity contribution in [2.75, 3.05) is 19.8 Å². The Bertz CT molecular complexity index is 1890. The highest BCUT2D eigenvalue weighted by Crippen LogP contribution is 2.68. The van der Waals surface area contributed by atoms with Crippen molar-refractivity contribution in [3.05, 3.63) is 22.8 Å². The van der Waals surface area contributed by atoms with Crippen molar-refractivity contribution >= 4 is 17.6 Å². The van der Waals surface area contributed by atoms with Gasteiger partial charge in [0.2, 0.25) is 11.8 Å². The minimum atomic E-state index is -1.66. The first-order valence-corrected chi connectivity index (χ1v) is 24.9. The average molecular weight is 965 g/mol. The molecule has 0 spiro atoms. The van der Waals surface area contributed by atoms with Crippen LogP contribution in [-0.4, -0.2) is 165 Å². The van der Waals surface area contributed by atoms with E-state index in [1.165, 1.54) is 13.8 Å². The van der Waals surface area contributed by atoms with Crippen LogP contribution in [0.25, 0.3) is 0 Å². The van der Waals surface area contributed by atoms with Crippen molar-refractivity contribution in [2.45, 2.75) is 212 Å². The molecule has 68 heavy (non-hydrogen) atoms. The Morgan fingerprint density at radius 1 is 0.735 bits per heavy atom. The molecular weight excluding hydrogens is 885 g/mol. The van der Waals surface area contributed by atoms with Gasteiger partial charge in [-0.1, -0.05) is 51.3 Å². The maximum Gasteiger partial charge on any atom is 0.217 e. The zero-order valence-electron chi connectivity index (χ0n) is 41.3. The molecule has 3 aliphatic heterocycles. The molecule has 2 saturated carbocycles. The van der Waals surface area contributed by atoms with E-state index in [9.17, 15) is 50.1 Å². The Labute approximate surface area is 400 Å². The van der Waals surface area contributed by atoms with E-state index in [0.717, 1.165) is 50.5 Å². The number of hydrogen-bond acceptors (Lipinski definition) is 16. The molecule has 9 N–H and O–H groups in total. The third kappa shape index (κ3) is 10.2. The molecule has 0 radical (unpaired) electrons. The van der Waals surface area contributed by atoms with E-state index in [1.54, 1.807) is 17.2 Å². The van der Waals surface area contributed by atoms with Gasteiger partial charge in [-0.15, -0.1) is 0 Å². The van der Waals surface area contributed by atoms with Crippen molar-refractivity contribution in [3.8, 4) is 0 Å². The number of amides is 2. The smallest absolute Gasteiger partial charge is 0.217 e. The van der Waals surface area contributed by atoms with Gasteiger partial charge in [-0.2, -0.15) is 0 Å². The molecule has 7 aliphatic rings. The summed E-state index contributed by atoms with van der Waals surface area (Å²) >= 11 is 0. The molecule has 7 rings (SSSR count). The Kier molecular flexibility index (Phi) is 16.5. The fourth-order valence-corrected chi connectivity index (χ4v) is 14.1. The summed E-state index contributed by atoms with van der Waals surface area (Å²) in [5.74, 6) is 0.553. The molecule has 3 saturated heterocycles. The topological polar surface area (TPSA) is 272 Å². The Morgan fingerprint density at radius 3 is 1.88 bits per heavy atom. The molecule has 0 unspecified atom stereocenters. The highest BCUT2D eigenvalue weighted by Gasteiger charge is 2.61. The number of nitrogens with one attached hydrogen (secondary N) is 2. The van der Waals surface area contributed by atoms with Gasteiger partial charge in [0, 0.05) is 20.3 Å². The summed E-state index contributed by atoms with van der Waals surface area (Å²) in [6, 6.07) is -2.70. The van der Waals surface area contributed by atoms with Gasteiger partial charge in [0.05, 0.1) is 25.9 Å². The van der Waals surface area contributed by atoms with E-state index < -0.39 is 122 Å². The van der Waals surface area contributed by atoms with Gasteiger partial charge in [-0.3, -0.25) is 14.4 Å². The normalized spacial score (nSPS) is 45.0. The van der Waals surface area contributed by atoms with Gasteiger partial charge in [-0.05, 0) is 111 Å². The fraction of sp³-hybridized carbons (Fsp3) is 0.860. The van der Waals surface area contributed by atoms with Gasteiger partial charge < -0.3 is 74.8 Å². The zero-order chi connectivity index (χ0) is 49.8. The van der Waals surface area contributed by atoms with Gasteiger partial charge in [0.1, 0.15) is 67.0 Å². The van der Waals surface area contributed by atoms with Crippen molar-refractivity contribution in [1.29, 1.82) is 0 Å². The second-order valence-electron chi connectivity index (χ2n) is 22.4. The molecule has 21 atom stereocenters. The van der Waals surface area contributed by atoms with Crippen molar-refractivity contribution in [3.63, 3.8) is 0 Å². The highest BCUT2D eigenvalue weighted by atomic mass is 16.8. The van der Waals surface area contributed by atoms with E-state index in [-0.39, 0.29) is 29.1 Å². The Balaban J connectivity index is 1.14. The summed E-state index contributed by atoms with van der Waals surface area (Å²) in [6.45, 7) is 16.2. The molecule has 5 fully saturated rings. The summed E-state index contributed by atoms with van der Waals surface area (Å²) in [5.41, 5.74) is 3.88. The lowest BCUT2D eigenvalue weighted by molar-refractivity contribution is -0.369. The molecule has 0 aromatic rings. The number of ether oxygens (including phenoxy) is 6. The summed E-state index contributed by atoms with van der Waals surface area (Å²) < 4.78 is 37.8. The van der Waals surface area contributed by atoms with E-state index in [1.807, 2.05) is 13.8 Å². The van der Waals surface area contributed by atoms with Crippen LogP contribution in [0.3, 0.4) is 0 Å². The van der Waals surface area contributed by atoms with Crippen molar-refractivity contribution in [2.24, 2.45) is 39.9 Å². The quantitative estimate of drug-likeness (QED) is 0.0885. The maximum absolute atomic E-state index is 12.9. The number of carbonyl (C=O) groups is 3. The van der Waals surface area contributed by atoms with Crippen molar-refractivity contribution in [1.82, 2.24) is 10.6 Å². The molecule has 18 heteroatoms. The van der Waals surface area contributed by atoms with Gasteiger partial charge in [0.15, 0.2) is 24.7 Å². The van der Waals surface area contributed by atoms with Crippen LogP contribution in [-0.2, 0) is 42.8 Å². The average Bonchev–Trinajstić information content (AvgIpc) is 3.62. The predicted molar refractivity (Wildman–Crippen MR) is 244 cm³/mol. The lowest BCUT2D eigenvalue weighted by Gasteiger charge is -2.61. The number of aliphatic hydroxyl groups excluding tert-OH is 7. The van der Waals surface area contributed by atoms with Crippen LogP contribution in [0.2, 0.25) is 0 Å². The van der Waals surface area contributed by atoms with E-state index in [4.69, 9.17) is 28.4 Å². The lowest BCUT2D eigenvalue weighted by atomic mass is 9.45. The number of rotatable bonds is 14. The number of aliphatic hydroxyl groups is 7. The number of carbonyl (C=O) groups excluding carboxylic acids is 3. The Hall–Kier alpha value is -2.43. The summed E-state index contributed by atoms with van der Waals surface area (Å²) in [4.78, 5) is 37.5. The van der Waals surface area contributed by atoms with Crippen LogP contribution < -0.4 is 10.6 Å². The van der Waals surface area contributed by atoms with E-state index in [0.29, 0.717) is 30.6 Å². The first kappa shape index (κ1) is 53.4. The monoisotopic (exact) mass is 965 g/mol. The van der Waals surface area contributed by atoms with Crippen LogP contribution in [0.5, 0.6) is 0 Å². The molecule has 18 nitrogen and oxygen atoms in total. The first-order valence-electron chi connectivity index (χ1n) is 24.9. The number of allylic oxidation sites excluding steroid dienone is 4. The number of ketones is 1. The zero-order valence-corrected chi connectivity index (χ0v) is 41.3. The van der Waals surface area contributed by atoms with E-state index in [2.05, 4.69) is 45.3 Å². The van der Waals surface area contributed by atoms with Crippen LogP contribution in [0, 0.1) is 39.9 Å². The molecule has 0 aromatic carbocycles. The largest absolute Gasteiger partial charge is 0.394 e. The standard InChI is InChI=1S/C50H80N2O16/c1-23(2)18-27(57)19-24(3)29-11-12-30-28-10-13-35-48(6,7)36(15-17-50(35,9)31(28)14-16-49(29,30)8)67-47-44(68-46-38(52-26(5)56)43(62)40(59)33(21-54)65-46)41(60)34(22-63-47)66-45-37(51-25(4)55)42(61)39(58)32(20-53)64-45/h18,24,29-30,32-47,53-54,58-62H,10-17,19-22H2,1-9H3,(H,51,55)(H,52,56)/t24-,29-,30+,32-,33-,34-,35+,36+,37-,38-,39+,40-,41+,42-,43-,44-,45+,46+,47+,49-,50-/m1/s1. The van der Waals surface area contributed by atoms with Crippen LogP contribution in [0.15, 0.2) is 22.8 Å². The second kappa shape index (κ2) is 21.0. The predicted octanol–water partition coefficient (Wildman–Crippen LogP) is 1.67. The molecule has 3 heterocycles. The lowest BCUT2D eigenvalue weighted by Crippen LogP contribution is -2.68. The fourth-order valence-electron chi connectivity index (χ4n) is 14.1. The first-order chi connectivity index (χ1) is 32.0. The number of fused-ring (bicyclic) bond motifs is 4. The third-order valence-electron chi connectivity index (χ3n) is 17.4. The molecule has 4 aliphatic carbocycles. The molecule has 2 amide bonds. The van der Waals surface area contributed by atoms with Crippen LogP contribution in [0.1, 0.15) is 120 Å². The summed E-state index contributed by atoms with van der Waals surface area (Å²) in [5, 5.41) is 80.9. The van der Waals surface area contributed by atoms with Gasteiger partial charge >= 0.3 is 0 Å². The summed E-state index contributed by atoms with van der Waals surface area (Å²) in [6.07, 6.45) is -8.12. The summed E-state index contributed by atoms with van der Waals surface area (Å²) in [7, 11) is 0. The van der Waals surface area contributed by atoms with Crippen LogP contribution in [0.4, 0.5) is 0 Å². The molecule has 0 bridgehead atoms. The molecular formula is C50H80N2O16. The van der Waals surface area contributed by atoms with Gasteiger partial charge in [0.25, 0.3) is 0 Å². The van der Waals surface area contributed by atoms with Gasteiger partial charge in [-0.25, -0.2) is 0 Å². The number of hydrogen-bond donors (Lipinski definition) is 9. The van der Waals surface area contributed by atoms with E-state index >= 15 is 0 Å². The van der Waals surface area contributed by atoms with Crippen molar-refractivity contribution < 1.29 is 78.6 Å².